The molecule has 1 saturated heterocycles. The summed E-state index contributed by atoms with van der Waals surface area (Å²) in [4.78, 5) is 2.59. The number of piperidine rings is 1. The molecule has 24 heavy (non-hydrogen) atoms. The Labute approximate surface area is 147 Å². The van der Waals surface area contributed by atoms with Gasteiger partial charge in [-0.2, -0.15) is 0 Å². The van der Waals surface area contributed by atoms with Crippen molar-refractivity contribution >= 4 is 49.6 Å². The van der Waals surface area contributed by atoms with Crippen LogP contribution in [0, 0.1) is 0 Å². The second kappa shape index (κ2) is 5.26. The van der Waals surface area contributed by atoms with Crippen molar-refractivity contribution in [2.24, 2.45) is 0 Å². The summed E-state index contributed by atoms with van der Waals surface area (Å²) >= 11 is 6.61. The minimum Gasteiger partial charge on any atom is -0.368 e. The highest BCUT2D eigenvalue weighted by Gasteiger charge is 2.22. The fourth-order valence-corrected chi connectivity index (χ4v) is 4.67. The maximum atomic E-state index is 6.61. The second-order valence-corrected chi connectivity index (χ2v) is 7.50. The predicted octanol–water partition coefficient (Wildman–Crippen LogP) is 6.62. The van der Waals surface area contributed by atoms with Gasteiger partial charge in [-0.1, -0.05) is 48.0 Å². The summed E-state index contributed by atoms with van der Waals surface area (Å²) in [6.45, 7) is 3.49. The standard InChI is InChI=1S/C22H20ClN/c1-14-5-2-3-12-24(14)20-13-18-19(23)11-10-16-9-8-15-6-4-7-17(20)21(15)22(16)18/h4,6-11,13-14H,2-3,5,12H2,1H3. The van der Waals surface area contributed by atoms with Gasteiger partial charge in [0.1, 0.15) is 0 Å². The number of nitrogens with zero attached hydrogens (tertiary/aromatic N) is 1. The lowest BCUT2D eigenvalue weighted by Crippen LogP contribution is -2.37. The van der Waals surface area contributed by atoms with Gasteiger partial charge in [-0.05, 0) is 59.9 Å². The molecule has 0 amide bonds. The van der Waals surface area contributed by atoms with E-state index in [9.17, 15) is 0 Å². The molecule has 120 valence electrons. The van der Waals surface area contributed by atoms with Crippen molar-refractivity contribution in [2.45, 2.75) is 32.2 Å². The molecule has 1 aliphatic heterocycles. The van der Waals surface area contributed by atoms with Crippen LogP contribution in [0.5, 0.6) is 0 Å². The van der Waals surface area contributed by atoms with Crippen LogP contribution in [0.1, 0.15) is 26.2 Å². The molecule has 4 aromatic rings. The van der Waals surface area contributed by atoms with E-state index >= 15 is 0 Å². The van der Waals surface area contributed by atoms with Crippen molar-refractivity contribution < 1.29 is 0 Å². The van der Waals surface area contributed by atoms with Crippen LogP contribution in [0.2, 0.25) is 5.02 Å². The van der Waals surface area contributed by atoms with Gasteiger partial charge in [0.2, 0.25) is 0 Å². The first-order chi connectivity index (χ1) is 11.7. The van der Waals surface area contributed by atoms with Crippen LogP contribution < -0.4 is 4.90 Å². The van der Waals surface area contributed by atoms with Crippen LogP contribution in [-0.4, -0.2) is 12.6 Å². The Morgan fingerprint density at radius 3 is 2.50 bits per heavy atom. The van der Waals surface area contributed by atoms with E-state index in [4.69, 9.17) is 11.6 Å². The zero-order valence-electron chi connectivity index (χ0n) is 13.8. The summed E-state index contributed by atoms with van der Waals surface area (Å²) in [5, 5.41) is 8.65. The van der Waals surface area contributed by atoms with E-state index in [1.165, 1.54) is 57.3 Å². The maximum absolute atomic E-state index is 6.61. The second-order valence-electron chi connectivity index (χ2n) is 7.10. The van der Waals surface area contributed by atoms with E-state index in [0.29, 0.717) is 6.04 Å². The molecule has 2 heteroatoms. The third kappa shape index (κ3) is 1.94. The van der Waals surface area contributed by atoms with E-state index in [2.05, 4.69) is 54.3 Å². The van der Waals surface area contributed by atoms with Gasteiger partial charge < -0.3 is 4.90 Å². The summed E-state index contributed by atoms with van der Waals surface area (Å²) in [6.07, 6.45) is 3.88. The molecule has 1 unspecified atom stereocenters. The Morgan fingerprint density at radius 1 is 0.917 bits per heavy atom. The lowest BCUT2D eigenvalue weighted by atomic mass is 9.91. The normalized spacial score (nSPS) is 18.9. The van der Waals surface area contributed by atoms with Crippen molar-refractivity contribution in [2.75, 3.05) is 11.4 Å². The van der Waals surface area contributed by atoms with Crippen LogP contribution >= 0.6 is 11.6 Å². The third-order valence-corrected chi connectivity index (χ3v) is 6.01. The van der Waals surface area contributed by atoms with Gasteiger partial charge in [0.15, 0.2) is 0 Å². The van der Waals surface area contributed by atoms with Gasteiger partial charge in [0.05, 0.1) is 0 Å². The van der Waals surface area contributed by atoms with Gasteiger partial charge in [-0.15, -0.1) is 0 Å². The topological polar surface area (TPSA) is 3.24 Å². The first-order valence-electron chi connectivity index (χ1n) is 8.87. The number of halogens is 1. The van der Waals surface area contributed by atoms with Crippen LogP contribution in [0.4, 0.5) is 5.69 Å². The van der Waals surface area contributed by atoms with Crippen molar-refractivity contribution in [3.63, 3.8) is 0 Å². The molecule has 0 aromatic heterocycles. The number of benzene rings is 4. The van der Waals surface area contributed by atoms with Gasteiger partial charge in [-0.25, -0.2) is 0 Å². The molecule has 1 fully saturated rings. The minimum absolute atomic E-state index is 0.587. The summed E-state index contributed by atoms with van der Waals surface area (Å²) in [6, 6.07) is 18.2. The molecule has 0 saturated carbocycles. The van der Waals surface area contributed by atoms with E-state index < -0.39 is 0 Å². The molecule has 0 N–H and O–H groups in total. The number of anilines is 1. The number of hydrogen-bond donors (Lipinski definition) is 0. The minimum atomic E-state index is 0.587. The van der Waals surface area contributed by atoms with E-state index in [1.807, 2.05) is 6.07 Å². The molecule has 1 nitrogen and oxygen atoms in total. The summed E-state index contributed by atoms with van der Waals surface area (Å²) in [7, 11) is 0. The van der Waals surface area contributed by atoms with Crippen LogP contribution in [-0.2, 0) is 0 Å². The monoisotopic (exact) mass is 333 g/mol. The average molecular weight is 334 g/mol. The van der Waals surface area contributed by atoms with Crippen LogP contribution in [0.3, 0.4) is 0 Å². The van der Waals surface area contributed by atoms with Gasteiger partial charge in [0.25, 0.3) is 0 Å². The summed E-state index contributed by atoms with van der Waals surface area (Å²) in [5.41, 5.74) is 1.35. The fraction of sp³-hybridized carbons (Fsp3) is 0.273. The molecule has 1 aliphatic rings. The summed E-state index contributed by atoms with van der Waals surface area (Å²) < 4.78 is 0. The van der Waals surface area contributed by atoms with E-state index in [0.717, 1.165) is 11.6 Å². The Kier molecular flexibility index (Phi) is 3.14. The molecule has 1 atom stereocenters. The Bertz CT molecular complexity index is 1050. The van der Waals surface area contributed by atoms with Crippen LogP contribution in [0.15, 0.2) is 48.5 Å². The highest BCUT2D eigenvalue weighted by molar-refractivity contribution is 6.39. The number of hydrogen-bond acceptors (Lipinski definition) is 1. The number of rotatable bonds is 1. The zero-order valence-corrected chi connectivity index (χ0v) is 14.6. The van der Waals surface area contributed by atoms with E-state index in [1.54, 1.807) is 0 Å². The highest BCUT2D eigenvalue weighted by Crippen LogP contribution is 2.43. The molecule has 0 spiro atoms. The quantitative estimate of drug-likeness (QED) is 0.354. The van der Waals surface area contributed by atoms with Crippen molar-refractivity contribution in [1.29, 1.82) is 0 Å². The SMILES string of the molecule is CC1CCCCN1c1cc2c(Cl)ccc3ccc4cccc1c4c32. The fourth-order valence-electron chi connectivity index (χ4n) is 4.46. The third-order valence-electron chi connectivity index (χ3n) is 5.68. The first kappa shape index (κ1) is 14.4. The molecule has 5 rings (SSSR count). The predicted molar refractivity (Wildman–Crippen MR) is 106 cm³/mol. The Morgan fingerprint density at radius 2 is 1.67 bits per heavy atom. The van der Waals surface area contributed by atoms with E-state index in [-0.39, 0.29) is 0 Å². The lowest BCUT2D eigenvalue weighted by molar-refractivity contribution is 0.486. The molecule has 0 radical (unpaired) electrons. The highest BCUT2D eigenvalue weighted by atomic mass is 35.5. The first-order valence-corrected chi connectivity index (χ1v) is 9.24. The maximum Gasteiger partial charge on any atom is 0.0485 e. The Hall–Kier alpha value is -1.99. The van der Waals surface area contributed by atoms with Crippen molar-refractivity contribution in [1.82, 2.24) is 0 Å². The zero-order chi connectivity index (χ0) is 16.3. The molecule has 0 bridgehead atoms. The molecule has 0 aliphatic carbocycles. The average Bonchev–Trinajstić information content (AvgIpc) is 2.62. The smallest absolute Gasteiger partial charge is 0.0485 e. The largest absolute Gasteiger partial charge is 0.368 e. The molecular weight excluding hydrogens is 314 g/mol. The molecule has 4 aromatic carbocycles. The lowest BCUT2D eigenvalue weighted by Gasteiger charge is -2.36. The van der Waals surface area contributed by atoms with Gasteiger partial charge in [0, 0.05) is 34.1 Å². The Balaban J connectivity index is 1.95. The van der Waals surface area contributed by atoms with Gasteiger partial charge in [-0.3, -0.25) is 0 Å². The molecular formula is C22H20ClN. The van der Waals surface area contributed by atoms with Crippen LogP contribution in [0.25, 0.3) is 32.3 Å². The van der Waals surface area contributed by atoms with Gasteiger partial charge >= 0.3 is 0 Å². The van der Waals surface area contributed by atoms with Crippen molar-refractivity contribution in [3.05, 3.63) is 53.6 Å². The molecule has 1 heterocycles. The van der Waals surface area contributed by atoms with Crippen molar-refractivity contribution in [3.8, 4) is 0 Å². The summed E-state index contributed by atoms with van der Waals surface area (Å²) in [5.74, 6) is 0.